The number of fused-ring (bicyclic) bond motifs is 2. The molecule has 0 aromatic carbocycles. The van der Waals surface area contributed by atoms with Gasteiger partial charge in [0.2, 0.25) is 12.1 Å². The van der Waals surface area contributed by atoms with Crippen molar-refractivity contribution in [3.8, 4) is 0 Å². The van der Waals surface area contributed by atoms with Gasteiger partial charge in [-0.25, -0.2) is 13.1 Å². The highest BCUT2D eigenvalue weighted by atomic mass is 79.9. The number of rotatable bonds is 5. The molecule has 0 aromatic heterocycles. The van der Waals surface area contributed by atoms with Crippen molar-refractivity contribution in [2.75, 3.05) is 0 Å². The van der Waals surface area contributed by atoms with Crippen LogP contribution in [0.4, 0.5) is 0 Å². The second-order valence-corrected chi connectivity index (χ2v) is 17.0. The molecule has 11 nitrogen and oxygen atoms in total. The second-order valence-electron chi connectivity index (χ2n) is 15.8. The first kappa shape index (κ1) is 39.2. The Labute approximate surface area is 294 Å². The van der Waals surface area contributed by atoms with Gasteiger partial charge in [0.25, 0.3) is 0 Å². The molecule has 2 N–H and O–H groups in total. The number of ether oxygens (including phenoxy) is 5. The molecule has 6 rings (SSSR count). The van der Waals surface area contributed by atoms with E-state index in [0.29, 0.717) is 12.8 Å². The van der Waals surface area contributed by atoms with Gasteiger partial charge in [0.15, 0.2) is 0 Å². The average Bonchev–Trinajstić information content (AvgIpc) is 3.50. The lowest BCUT2D eigenvalue weighted by molar-refractivity contribution is -0.178. The summed E-state index contributed by atoms with van der Waals surface area (Å²) in [6.07, 6.45) is 5.96. The predicted octanol–water partition coefficient (Wildman–Crippen LogP) is 5.37. The summed E-state index contributed by atoms with van der Waals surface area (Å²) >= 11 is 3.66. The zero-order valence-corrected chi connectivity index (χ0v) is 31.1. The van der Waals surface area contributed by atoms with Gasteiger partial charge >= 0.3 is 5.97 Å². The third-order valence-corrected chi connectivity index (χ3v) is 11.7. The third-order valence-electron chi connectivity index (χ3n) is 10.8. The largest absolute Gasteiger partial charge is 0.459 e. The van der Waals surface area contributed by atoms with Crippen LogP contribution in [0.1, 0.15) is 113 Å². The zero-order chi connectivity index (χ0) is 35.6. The van der Waals surface area contributed by atoms with Gasteiger partial charge in [-0.2, -0.15) is 0 Å². The monoisotopic (exact) mass is 738 g/mol. The summed E-state index contributed by atoms with van der Waals surface area (Å²) in [5, 5.41) is 19.8. The number of aliphatic hydroxyl groups is 2. The molecule has 14 atom stereocenters. The molecule has 270 valence electrons. The van der Waals surface area contributed by atoms with Crippen LogP contribution in [0.15, 0.2) is 0 Å². The first-order valence-electron chi connectivity index (χ1n) is 17.5. The lowest BCUT2D eigenvalue weighted by Crippen LogP contribution is -2.54. The topological polar surface area (TPSA) is 129 Å². The van der Waals surface area contributed by atoms with E-state index in [0.717, 1.165) is 51.4 Å². The smallest absolute Gasteiger partial charge is 0.303 e. The molecule has 0 amide bonds. The number of carbonyl (C=O) groups excluding carboxylic acids is 2. The minimum Gasteiger partial charge on any atom is -0.459 e. The number of carbonyl (C=O) groups is 2. The van der Waals surface area contributed by atoms with E-state index in [1.807, 2.05) is 34.6 Å². The van der Waals surface area contributed by atoms with Gasteiger partial charge in [-0.1, -0.05) is 36.7 Å². The van der Waals surface area contributed by atoms with Gasteiger partial charge in [0.05, 0.1) is 58.8 Å². The Morgan fingerprint density at radius 3 is 1.77 bits per heavy atom. The summed E-state index contributed by atoms with van der Waals surface area (Å²) in [5.74, 6) is -0.0268. The minimum absolute atomic E-state index is 0.00628. The summed E-state index contributed by atoms with van der Waals surface area (Å²) in [6.45, 7) is 26.8. The van der Waals surface area contributed by atoms with Crippen molar-refractivity contribution in [1.29, 1.82) is 0 Å². The van der Waals surface area contributed by atoms with Gasteiger partial charge < -0.3 is 43.6 Å². The molecular formula is C36H55BrN2O9. The van der Waals surface area contributed by atoms with E-state index < -0.39 is 17.8 Å². The molecule has 6 fully saturated rings. The van der Waals surface area contributed by atoms with Crippen LogP contribution in [0, 0.1) is 18.6 Å². The summed E-state index contributed by atoms with van der Waals surface area (Å²) in [7, 11) is 0. The van der Waals surface area contributed by atoms with Gasteiger partial charge in [-0.3, -0.25) is 9.59 Å². The number of hydrogen-bond acceptors (Lipinski definition) is 9. The molecule has 2 saturated carbocycles. The number of nitrogens with zero attached hydrogens (tertiary/aromatic N) is 2. The molecule has 6 aliphatic rings. The number of alkyl halides is 1. The van der Waals surface area contributed by atoms with Crippen molar-refractivity contribution in [3.05, 3.63) is 22.8 Å². The highest BCUT2D eigenvalue weighted by Gasteiger charge is 2.61. The Morgan fingerprint density at radius 1 is 0.854 bits per heavy atom. The molecule has 0 unspecified atom stereocenters. The summed E-state index contributed by atoms with van der Waals surface area (Å²) < 4.78 is 30.1. The van der Waals surface area contributed by atoms with E-state index in [1.54, 1.807) is 6.92 Å². The van der Waals surface area contributed by atoms with Crippen molar-refractivity contribution in [3.63, 3.8) is 0 Å². The Kier molecular flexibility index (Phi) is 12.8. The van der Waals surface area contributed by atoms with Crippen LogP contribution in [0.5, 0.6) is 0 Å². The molecule has 2 aliphatic carbocycles. The van der Waals surface area contributed by atoms with Crippen LogP contribution in [-0.4, -0.2) is 105 Å². The molecule has 0 aromatic rings. The Bertz CT molecular complexity index is 1230. The maximum atomic E-state index is 11.3. The maximum absolute atomic E-state index is 11.3. The fourth-order valence-corrected chi connectivity index (χ4v) is 8.93. The molecule has 12 heteroatoms. The lowest BCUT2D eigenvalue weighted by Gasteiger charge is -2.45. The van der Waals surface area contributed by atoms with Gasteiger partial charge in [0.1, 0.15) is 18.0 Å². The van der Waals surface area contributed by atoms with E-state index >= 15 is 0 Å². The molecule has 2 spiro atoms. The molecule has 4 aliphatic heterocycles. The van der Waals surface area contributed by atoms with Gasteiger partial charge in [0, 0.05) is 58.3 Å². The molecular weight excluding hydrogens is 684 g/mol. The Morgan fingerprint density at radius 2 is 1.31 bits per heavy atom. The average molecular weight is 740 g/mol. The first-order valence-corrected chi connectivity index (χ1v) is 18.4. The number of hydrogen-bond donors (Lipinski definition) is 2. The fraction of sp³-hybridized carbons (Fsp3) is 0.889. The third kappa shape index (κ3) is 8.98. The van der Waals surface area contributed by atoms with E-state index in [2.05, 4.69) is 25.6 Å². The maximum Gasteiger partial charge on any atom is 0.303 e. The molecule has 4 bridgehead atoms. The van der Waals surface area contributed by atoms with Crippen LogP contribution >= 0.6 is 15.9 Å². The summed E-state index contributed by atoms with van der Waals surface area (Å²) in [5.41, 5.74) is -0.853. The summed E-state index contributed by atoms with van der Waals surface area (Å²) in [6, 6.07) is -0.0385. The minimum atomic E-state index is -0.791. The standard InChI is InChI=1S/C16H22BrNO4.C14H21NO4.C6H12O/c1-9(18-3)6-11-4-5-14-16(22-11)7-12(17)15(20-10(2)19)13(8-16)21-14;1-8(15-2)5-9-3-4-12-14(19-9)6-10(16)13(17)11(7-14)18-12;1-5(7)6(2,3)4/h9,11-15H,4-8H2,1-2H3;8-13,16-17H,3-7H2,1H3;1-4H3/t9-,11-,12+,13-,14+,15-,16+;8-,9-,10-,11-,12+,13-,14+;/m11./s1. The van der Waals surface area contributed by atoms with Crippen molar-refractivity contribution in [1.82, 2.24) is 0 Å². The SMILES string of the molecule is CC(=O)C(C)(C)C.[C-]#[N+][C@H](C)C[C@H]1CC[C@@H]2O[C@@H]3C[C@]2(C[C@@H](O)[C@H]3O)O1.[C-]#[N+][C@H](C)C[C@H]1CC[C@@H]2O[C@@H]3C[C@]2(C[C@H](Br)[C@H]3OC(C)=O)O1. The van der Waals surface area contributed by atoms with Crippen LogP contribution in [0.2, 0.25) is 0 Å². The number of ketones is 1. The van der Waals surface area contributed by atoms with Crippen molar-refractivity contribution in [2.24, 2.45) is 5.41 Å². The number of esters is 1. The number of Topliss-reactive ketones (excluding diaryl/α,β-unsaturated/α-hetero) is 1. The second kappa shape index (κ2) is 15.7. The molecule has 0 radical (unpaired) electrons. The van der Waals surface area contributed by atoms with Gasteiger partial charge in [-0.15, -0.1) is 0 Å². The lowest BCUT2D eigenvalue weighted by atomic mass is 9.76. The van der Waals surface area contributed by atoms with Crippen LogP contribution < -0.4 is 0 Å². The van der Waals surface area contributed by atoms with Crippen LogP contribution in [0.3, 0.4) is 0 Å². The van der Waals surface area contributed by atoms with E-state index in [4.69, 9.17) is 36.8 Å². The van der Waals surface area contributed by atoms with Crippen LogP contribution in [-0.2, 0) is 33.3 Å². The van der Waals surface area contributed by atoms with Crippen molar-refractivity contribution >= 4 is 27.7 Å². The normalized spacial score (nSPS) is 42.1. The predicted molar refractivity (Wildman–Crippen MR) is 181 cm³/mol. The molecule has 4 saturated heterocycles. The first-order chi connectivity index (χ1) is 22.4. The van der Waals surface area contributed by atoms with Crippen LogP contribution in [0.25, 0.3) is 9.69 Å². The summed E-state index contributed by atoms with van der Waals surface area (Å²) in [4.78, 5) is 28.9. The number of halogens is 1. The highest BCUT2D eigenvalue weighted by molar-refractivity contribution is 9.09. The van der Waals surface area contributed by atoms with Crippen molar-refractivity contribution in [2.45, 2.75) is 196 Å². The van der Waals surface area contributed by atoms with E-state index in [-0.39, 0.29) is 82.4 Å². The number of aliphatic hydroxyl groups excluding tert-OH is 2. The quantitative estimate of drug-likeness (QED) is 0.218. The molecule has 4 heterocycles. The van der Waals surface area contributed by atoms with E-state index in [1.165, 1.54) is 6.92 Å². The fourth-order valence-electron chi connectivity index (χ4n) is 7.94. The molecule has 48 heavy (non-hydrogen) atoms. The van der Waals surface area contributed by atoms with Gasteiger partial charge in [-0.05, 0) is 39.0 Å². The Hall–Kier alpha value is -1.64. The highest BCUT2D eigenvalue weighted by Crippen LogP contribution is 2.52. The van der Waals surface area contributed by atoms with Crippen molar-refractivity contribution < 1.29 is 43.5 Å². The van der Waals surface area contributed by atoms with E-state index in [9.17, 15) is 19.8 Å². The zero-order valence-electron chi connectivity index (χ0n) is 29.5. The Balaban J connectivity index is 0.000000183.